The van der Waals surface area contributed by atoms with Crippen molar-refractivity contribution in [2.45, 2.75) is 25.8 Å². The summed E-state index contributed by atoms with van der Waals surface area (Å²) in [5.41, 5.74) is 1.97. The minimum absolute atomic E-state index is 0. The molecule has 2 aliphatic heterocycles. The molecule has 0 radical (unpaired) electrons. The molecular formula is C22H26ClFN2O3. The smallest absolute Gasteiger partial charge is 0.259 e. The molecule has 156 valence electrons. The lowest BCUT2D eigenvalue weighted by atomic mass is 10.1. The lowest BCUT2D eigenvalue weighted by Gasteiger charge is -2.26. The van der Waals surface area contributed by atoms with E-state index in [0.717, 1.165) is 30.9 Å². The molecular weight excluding hydrogens is 395 g/mol. The molecule has 1 saturated heterocycles. The van der Waals surface area contributed by atoms with Gasteiger partial charge in [-0.05, 0) is 55.8 Å². The zero-order valence-corrected chi connectivity index (χ0v) is 17.3. The molecule has 0 aliphatic carbocycles. The molecule has 7 heteroatoms. The summed E-state index contributed by atoms with van der Waals surface area (Å²) >= 11 is 0. The molecule has 2 aromatic carbocycles. The van der Waals surface area contributed by atoms with Crippen molar-refractivity contribution in [1.82, 2.24) is 4.90 Å². The fourth-order valence-corrected chi connectivity index (χ4v) is 3.90. The Morgan fingerprint density at radius 1 is 1.03 bits per heavy atom. The van der Waals surface area contributed by atoms with Crippen LogP contribution in [0, 0.1) is 5.82 Å². The van der Waals surface area contributed by atoms with E-state index in [4.69, 9.17) is 9.47 Å². The lowest BCUT2D eigenvalue weighted by molar-refractivity contribution is 0.0996. The Balaban J connectivity index is 0.00000240. The number of ether oxygens (including phenoxy) is 2. The van der Waals surface area contributed by atoms with Crippen molar-refractivity contribution in [3.05, 3.63) is 53.3 Å². The predicted molar refractivity (Wildman–Crippen MR) is 113 cm³/mol. The van der Waals surface area contributed by atoms with E-state index in [-0.39, 0.29) is 18.3 Å². The fourth-order valence-electron chi connectivity index (χ4n) is 3.90. The summed E-state index contributed by atoms with van der Waals surface area (Å²) in [6.07, 6.45) is 3.80. The van der Waals surface area contributed by atoms with E-state index in [0.29, 0.717) is 30.2 Å². The van der Waals surface area contributed by atoms with E-state index in [9.17, 15) is 9.18 Å². The molecule has 1 amide bonds. The number of anilines is 1. The third-order valence-electron chi connectivity index (χ3n) is 5.45. The quantitative estimate of drug-likeness (QED) is 0.699. The van der Waals surface area contributed by atoms with Crippen molar-refractivity contribution < 1.29 is 18.7 Å². The molecule has 0 bridgehead atoms. The van der Waals surface area contributed by atoms with Gasteiger partial charge in [-0.25, -0.2) is 4.39 Å². The largest absolute Gasteiger partial charge is 0.493 e. The number of nitrogens with zero attached hydrogens (tertiary/aromatic N) is 2. The van der Waals surface area contributed by atoms with E-state index >= 15 is 0 Å². The second-order valence-electron chi connectivity index (χ2n) is 7.28. The number of hydrogen-bond donors (Lipinski definition) is 0. The SMILES string of the molecule is COc1ccc(N2Cc3ccc(F)cc3C2=O)cc1OCCN1CCCCC1.Cl. The number of likely N-dealkylation sites (tertiary alicyclic amines) is 1. The van der Waals surface area contributed by atoms with Gasteiger partial charge in [-0.1, -0.05) is 12.5 Å². The molecule has 29 heavy (non-hydrogen) atoms. The second-order valence-corrected chi connectivity index (χ2v) is 7.28. The molecule has 2 aromatic rings. The third kappa shape index (κ3) is 4.65. The van der Waals surface area contributed by atoms with Crippen LogP contribution < -0.4 is 14.4 Å². The molecule has 0 aromatic heterocycles. The Bertz CT molecular complexity index is 871. The Morgan fingerprint density at radius 2 is 1.83 bits per heavy atom. The van der Waals surface area contributed by atoms with Gasteiger partial charge in [-0.3, -0.25) is 9.69 Å². The molecule has 0 atom stereocenters. The van der Waals surface area contributed by atoms with Gasteiger partial charge in [0.25, 0.3) is 5.91 Å². The van der Waals surface area contributed by atoms with Gasteiger partial charge in [0.2, 0.25) is 0 Å². The molecule has 5 nitrogen and oxygen atoms in total. The van der Waals surface area contributed by atoms with Crippen LogP contribution in [-0.4, -0.2) is 44.2 Å². The van der Waals surface area contributed by atoms with Gasteiger partial charge >= 0.3 is 0 Å². The van der Waals surface area contributed by atoms with Crippen molar-refractivity contribution in [2.75, 3.05) is 38.3 Å². The summed E-state index contributed by atoms with van der Waals surface area (Å²) in [6.45, 7) is 4.11. The van der Waals surface area contributed by atoms with Crippen molar-refractivity contribution in [2.24, 2.45) is 0 Å². The van der Waals surface area contributed by atoms with Crippen LogP contribution in [0.15, 0.2) is 36.4 Å². The molecule has 0 unspecified atom stereocenters. The van der Waals surface area contributed by atoms with Crippen molar-refractivity contribution in [3.8, 4) is 11.5 Å². The Labute approximate surface area is 176 Å². The summed E-state index contributed by atoms with van der Waals surface area (Å²) in [7, 11) is 1.60. The highest BCUT2D eigenvalue weighted by atomic mass is 35.5. The summed E-state index contributed by atoms with van der Waals surface area (Å²) in [4.78, 5) is 16.8. The fraction of sp³-hybridized carbons (Fsp3) is 0.409. The highest BCUT2D eigenvalue weighted by Gasteiger charge is 2.29. The number of fused-ring (bicyclic) bond motifs is 1. The standard InChI is InChI=1S/C22H25FN2O3.ClH/c1-27-20-8-7-18(14-21(20)28-12-11-24-9-3-2-4-10-24)25-15-16-5-6-17(23)13-19(16)22(25)26;/h5-8,13-14H,2-4,9-12,15H2,1H3;1H. The first kappa shape index (κ1) is 21.4. The first-order valence-electron chi connectivity index (χ1n) is 9.79. The Hall–Kier alpha value is -2.31. The van der Waals surface area contributed by atoms with Crippen LogP contribution in [0.5, 0.6) is 11.5 Å². The van der Waals surface area contributed by atoms with Gasteiger partial charge in [-0.15, -0.1) is 12.4 Å². The normalized spacial score (nSPS) is 16.3. The topological polar surface area (TPSA) is 42.0 Å². The number of amides is 1. The predicted octanol–water partition coefficient (Wildman–Crippen LogP) is 4.28. The number of piperidine rings is 1. The van der Waals surface area contributed by atoms with Crippen molar-refractivity contribution in [3.63, 3.8) is 0 Å². The maximum Gasteiger partial charge on any atom is 0.259 e. The van der Waals surface area contributed by atoms with Crippen LogP contribution in [0.3, 0.4) is 0 Å². The number of carbonyl (C=O) groups is 1. The molecule has 0 saturated carbocycles. The van der Waals surface area contributed by atoms with Gasteiger partial charge < -0.3 is 14.4 Å². The van der Waals surface area contributed by atoms with Gasteiger partial charge in [0.15, 0.2) is 11.5 Å². The van der Waals surface area contributed by atoms with Crippen LogP contribution in [0.25, 0.3) is 0 Å². The first-order valence-corrected chi connectivity index (χ1v) is 9.79. The third-order valence-corrected chi connectivity index (χ3v) is 5.45. The van der Waals surface area contributed by atoms with Gasteiger partial charge in [0.1, 0.15) is 12.4 Å². The molecule has 2 aliphatic rings. The average molecular weight is 421 g/mol. The summed E-state index contributed by atoms with van der Waals surface area (Å²) < 4.78 is 24.9. The van der Waals surface area contributed by atoms with Gasteiger partial charge in [0.05, 0.1) is 13.7 Å². The van der Waals surface area contributed by atoms with Crippen LogP contribution in [-0.2, 0) is 6.54 Å². The molecule has 0 N–H and O–H groups in total. The minimum Gasteiger partial charge on any atom is -0.493 e. The average Bonchev–Trinajstić information content (AvgIpc) is 3.05. The number of hydrogen-bond acceptors (Lipinski definition) is 4. The van der Waals surface area contributed by atoms with Crippen LogP contribution in [0.2, 0.25) is 0 Å². The first-order chi connectivity index (χ1) is 13.7. The van der Waals surface area contributed by atoms with Crippen molar-refractivity contribution >= 4 is 24.0 Å². The van der Waals surface area contributed by atoms with Crippen molar-refractivity contribution in [1.29, 1.82) is 0 Å². The number of rotatable bonds is 6. The number of methoxy groups -OCH3 is 1. The highest BCUT2D eigenvalue weighted by molar-refractivity contribution is 6.10. The minimum atomic E-state index is -0.398. The number of halogens is 2. The Morgan fingerprint density at radius 3 is 2.59 bits per heavy atom. The van der Waals surface area contributed by atoms with E-state index in [2.05, 4.69) is 4.90 Å². The monoisotopic (exact) mass is 420 g/mol. The summed E-state index contributed by atoms with van der Waals surface area (Å²) in [6, 6.07) is 9.83. The highest BCUT2D eigenvalue weighted by Crippen LogP contribution is 2.35. The number of benzene rings is 2. The molecule has 0 spiro atoms. The van der Waals surface area contributed by atoms with Gasteiger partial charge in [0, 0.05) is 23.9 Å². The van der Waals surface area contributed by atoms with E-state index in [1.165, 1.54) is 31.4 Å². The zero-order valence-electron chi connectivity index (χ0n) is 16.5. The Kier molecular flexibility index (Phi) is 6.98. The molecule has 4 rings (SSSR count). The van der Waals surface area contributed by atoms with Crippen LogP contribution in [0.1, 0.15) is 35.2 Å². The number of carbonyl (C=O) groups excluding carboxylic acids is 1. The van der Waals surface area contributed by atoms with Crippen LogP contribution in [0.4, 0.5) is 10.1 Å². The van der Waals surface area contributed by atoms with E-state index < -0.39 is 5.82 Å². The molecule has 2 heterocycles. The summed E-state index contributed by atoms with van der Waals surface area (Å²) in [5.74, 6) is 0.661. The van der Waals surface area contributed by atoms with E-state index in [1.807, 2.05) is 18.2 Å². The van der Waals surface area contributed by atoms with E-state index in [1.54, 1.807) is 18.1 Å². The maximum atomic E-state index is 13.5. The lowest BCUT2D eigenvalue weighted by Crippen LogP contribution is -2.33. The maximum absolute atomic E-state index is 13.5. The van der Waals surface area contributed by atoms with Gasteiger partial charge in [-0.2, -0.15) is 0 Å². The van der Waals surface area contributed by atoms with Crippen LogP contribution >= 0.6 is 12.4 Å². The zero-order chi connectivity index (χ0) is 19.5. The molecule has 1 fully saturated rings. The summed E-state index contributed by atoms with van der Waals surface area (Å²) in [5, 5.41) is 0. The second kappa shape index (κ2) is 9.46.